The number of rotatable bonds is 2. The lowest BCUT2D eigenvalue weighted by atomic mass is 10.3. The second kappa shape index (κ2) is 3.80. The third-order valence-electron chi connectivity index (χ3n) is 2.61. The molecule has 1 fully saturated rings. The van der Waals surface area contributed by atoms with Crippen LogP contribution in [0, 0.1) is 11.8 Å². The normalized spacial score (nSPS) is 26.0. The average Bonchev–Trinajstić information content (AvgIpc) is 2.93. The highest BCUT2D eigenvalue weighted by atomic mass is 15.3. The first-order valence-corrected chi connectivity index (χ1v) is 4.91. The van der Waals surface area contributed by atoms with Crippen molar-refractivity contribution in [2.45, 2.75) is 13.3 Å². The molecular formula is C11H15N3. The van der Waals surface area contributed by atoms with Crippen LogP contribution in [0.4, 0.5) is 5.69 Å². The molecule has 3 nitrogen and oxygen atoms in total. The molecule has 0 radical (unpaired) electrons. The van der Waals surface area contributed by atoms with Gasteiger partial charge in [-0.15, -0.1) is 0 Å². The van der Waals surface area contributed by atoms with Crippen LogP contribution >= 0.6 is 0 Å². The lowest BCUT2D eigenvalue weighted by Crippen LogP contribution is -2.32. The molecule has 0 aromatic heterocycles. The van der Waals surface area contributed by atoms with E-state index in [1.54, 1.807) is 0 Å². The maximum atomic E-state index is 5.44. The Hall–Kier alpha value is -1.35. The molecule has 2 unspecified atom stereocenters. The smallest absolute Gasteiger partial charge is 0.120 e. The summed E-state index contributed by atoms with van der Waals surface area (Å²) in [5.41, 5.74) is 3.65. The minimum Gasteiger partial charge on any atom is -0.312 e. The Labute approximate surface area is 84.0 Å². The first-order valence-electron chi connectivity index (χ1n) is 4.91. The van der Waals surface area contributed by atoms with Crippen molar-refractivity contribution in [3.63, 3.8) is 0 Å². The van der Waals surface area contributed by atoms with E-state index in [2.05, 4.69) is 17.3 Å². The number of hydrazine groups is 1. The molecule has 1 aromatic rings. The molecule has 14 heavy (non-hydrogen) atoms. The summed E-state index contributed by atoms with van der Waals surface area (Å²) in [6.07, 6.45) is 1.19. The van der Waals surface area contributed by atoms with Crippen LogP contribution in [0.2, 0.25) is 0 Å². The van der Waals surface area contributed by atoms with Crippen LogP contribution in [0.1, 0.15) is 13.3 Å². The van der Waals surface area contributed by atoms with Crippen molar-refractivity contribution in [3.05, 3.63) is 30.3 Å². The van der Waals surface area contributed by atoms with Gasteiger partial charge in [-0.05, 0) is 24.5 Å². The third kappa shape index (κ3) is 1.93. The number of nitrogens with two attached hydrogens (primary N) is 1. The van der Waals surface area contributed by atoms with Crippen LogP contribution in [-0.2, 0) is 0 Å². The van der Waals surface area contributed by atoms with Crippen molar-refractivity contribution >= 4 is 11.5 Å². The summed E-state index contributed by atoms with van der Waals surface area (Å²) in [5, 5.41) is 0. The fourth-order valence-corrected chi connectivity index (χ4v) is 1.57. The molecule has 0 bridgehead atoms. The summed E-state index contributed by atoms with van der Waals surface area (Å²) >= 11 is 0. The van der Waals surface area contributed by atoms with Crippen molar-refractivity contribution in [2.75, 3.05) is 0 Å². The van der Waals surface area contributed by atoms with Crippen molar-refractivity contribution in [3.8, 4) is 0 Å². The van der Waals surface area contributed by atoms with Gasteiger partial charge < -0.3 is 5.43 Å². The number of aliphatic imine (C=N–C) groups is 1. The highest BCUT2D eigenvalue weighted by Crippen LogP contribution is 2.38. The molecule has 1 saturated carbocycles. The van der Waals surface area contributed by atoms with E-state index in [0.717, 1.165) is 11.5 Å². The lowest BCUT2D eigenvalue weighted by molar-refractivity contribution is 0.872. The zero-order valence-electron chi connectivity index (χ0n) is 8.27. The molecule has 0 saturated heterocycles. The fourth-order valence-electron chi connectivity index (χ4n) is 1.57. The van der Waals surface area contributed by atoms with Gasteiger partial charge in [0.2, 0.25) is 0 Å². The van der Waals surface area contributed by atoms with Gasteiger partial charge in [-0.2, -0.15) is 0 Å². The molecular weight excluding hydrogens is 174 g/mol. The Bertz CT molecular complexity index is 332. The summed E-state index contributed by atoms with van der Waals surface area (Å²) < 4.78 is 0. The lowest BCUT2D eigenvalue weighted by Gasteiger charge is -2.03. The topological polar surface area (TPSA) is 50.4 Å². The van der Waals surface area contributed by atoms with E-state index in [-0.39, 0.29) is 0 Å². The van der Waals surface area contributed by atoms with Gasteiger partial charge >= 0.3 is 0 Å². The van der Waals surface area contributed by atoms with Crippen LogP contribution in [0.15, 0.2) is 35.3 Å². The molecule has 2 rings (SSSR count). The van der Waals surface area contributed by atoms with Gasteiger partial charge in [-0.25, -0.2) is 10.8 Å². The molecule has 1 aliphatic rings. The number of hydrogen-bond acceptors (Lipinski definition) is 2. The van der Waals surface area contributed by atoms with E-state index in [1.807, 2.05) is 30.3 Å². The number of nitrogens with one attached hydrogen (secondary N) is 1. The number of hydrogen-bond donors (Lipinski definition) is 2. The van der Waals surface area contributed by atoms with Crippen LogP contribution in [0.3, 0.4) is 0 Å². The first-order chi connectivity index (χ1) is 6.81. The summed E-state index contributed by atoms with van der Waals surface area (Å²) in [7, 11) is 0. The van der Waals surface area contributed by atoms with Crippen molar-refractivity contribution in [1.82, 2.24) is 5.43 Å². The molecule has 3 N–H and O–H groups in total. The third-order valence-corrected chi connectivity index (χ3v) is 2.61. The van der Waals surface area contributed by atoms with Gasteiger partial charge in [0.25, 0.3) is 0 Å². The molecule has 0 heterocycles. The zero-order valence-corrected chi connectivity index (χ0v) is 8.27. The second-order valence-electron chi connectivity index (χ2n) is 3.80. The molecule has 0 spiro atoms. The Balaban J connectivity index is 2.15. The standard InChI is InChI=1S/C11H15N3/c1-8-7-10(8)11(14-12)13-9-5-3-2-4-6-9/h2-6,8,10H,7,12H2,1H3,(H,13,14). The summed E-state index contributed by atoms with van der Waals surface area (Å²) in [5.74, 6) is 7.59. The van der Waals surface area contributed by atoms with Crippen LogP contribution in [0.5, 0.6) is 0 Å². The van der Waals surface area contributed by atoms with E-state index in [0.29, 0.717) is 11.8 Å². The average molecular weight is 189 g/mol. The minimum absolute atomic E-state index is 0.528. The predicted octanol–water partition coefficient (Wildman–Crippen LogP) is 1.84. The highest BCUT2D eigenvalue weighted by molar-refractivity contribution is 5.88. The maximum Gasteiger partial charge on any atom is 0.120 e. The minimum atomic E-state index is 0.528. The number of para-hydroxylation sites is 1. The Kier molecular flexibility index (Phi) is 2.50. The van der Waals surface area contributed by atoms with E-state index in [1.165, 1.54) is 6.42 Å². The molecule has 0 amide bonds. The van der Waals surface area contributed by atoms with Gasteiger partial charge in [0.05, 0.1) is 5.69 Å². The van der Waals surface area contributed by atoms with Crippen LogP contribution in [-0.4, -0.2) is 5.84 Å². The first kappa shape index (κ1) is 9.21. The molecule has 1 aliphatic carbocycles. The van der Waals surface area contributed by atoms with Gasteiger partial charge in [0, 0.05) is 5.92 Å². The molecule has 3 heteroatoms. The zero-order chi connectivity index (χ0) is 9.97. The summed E-state index contributed by atoms with van der Waals surface area (Å²) in [6, 6.07) is 9.88. The Morgan fingerprint density at radius 3 is 2.57 bits per heavy atom. The molecule has 0 aliphatic heterocycles. The number of nitrogens with zero attached hydrogens (tertiary/aromatic N) is 1. The summed E-state index contributed by atoms with van der Waals surface area (Å²) in [4.78, 5) is 4.47. The SMILES string of the molecule is CC1CC1C(=Nc1ccccc1)NN. The Morgan fingerprint density at radius 1 is 1.43 bits per heavy atom. The van der Waals surface area contributed by atoms with E-state index in [9.17, 15) is 0 Å². The van der Waals surface area contributed by atoms with E-state index in [4.69, 9.17) is 5.84 Å². The number of benzene rings is 1. The largest absolute Gasteiger partial charge is 0.312 e. The van der Waals surface area contributed by atoms with Crippen LogP contribution < -0.4 is 11.3 Å². The predicted molar refractivity (Wildman–Crippen MR) is 58.1 cm³/mol. The quantitative estimate of drug-likeness (QED) is 0.323. The van der Waals surface area contributed by atoms with E-state index < -0.39 is 0 Å². The van der Waals surface area contributed by atoms with Gasteiger partial charge in [-0.1, -0.05) is 25.1 Å². The van der Waals surface area contributed by atoms with Gasteiger partial charge in [0.1, 0.15) is 5.84 Å². The second-order valence-corrected chi connectivity index (χ2v) is 3.80. The molecule has 74 valence electrons. The van der Waals surface area contributed by atoms with Crippen molar-refractivity contribution in [2.24, 2.45) is 22.7 Å². The van der Waals surface area contributed by atoms with Crippen LogP contribution in [0.25, 0.3) is 0 Å². The summed E-state index contributed by atoms with van der Waals surface area (Å²) in [6.45, 7) is 2.21. The Morgan fingerprint density at radius 2 is 2.07 bits per heavy atom. The van der Waals surface area contributed by atoms with Gasteiger partial charge in [0.15, 0.2) is 0 Å². The van der Waals surface area contributed by atoms with Gasteiger partial charge in [-0.3, -0.25) is 0 Å². The fraction of sp³-hybridized carbons (Fsp3) is 0.364. The van der Waals surface area contributed by atoms with Crippen molar-refractivity contribution < 1.29 is 0 Å². The molecule has 2 atom stereocenters. The maximum absolute atomic E-state index is 5.44. The molecule has 1 aromatic carbocycles. The monoisotopic (exact) mass is 189 g/mol. The van der Waals surface area contributed by atoms with E-state index >= 15 is 0 Å². The van der Waals surface area contributed by atoms with Crippen molar-refractivity contribution in [1.29, 1.82) is 0 Å². The number of amidine groups is 1. The highest BCUT2D eigenvalue weighted by Gasteiger charge is 2.37.